The predicted molar refractivity (Wildman–Crippen MR) is 228 cm³/mol. The summed E-state index contributed by atoms with van der Waals surface area (Å²) >= 11 is 1.48. The van der Waals surface area contributed by atoms with Crippen molar-refractivity contribution in [3.8, 4) is 11.1 Å². The van der Waals surface area contributed by atoms with Crippen LogP contribution in [0.4, 0.5) is 11.4 Å². The fourth-order valence-corrected chi connectivity index (χ4v) is 11.6. The second-order valence-corrected chi connectivity index (χ2v) is 18.9. The largest absolute Gasteiger partial charge is 0.394 e. The number of unbranched alkanes of at least 4 members (excludes halogenated alkanes) is 3. The van der Waals surface area contributed by atoms with E-state index in [0.29, 0.717) is 47.7 Å². The second-order valence-electron chi connectivity index (χ2n) is 15.8. The van der Waals surface area contributed by atoms with Gasteiger partial charge in [0, 0.05) is 41.6 Å². The average molecular weight is 850 g/mol. The van der Waals surface area contributed by atoms with Crippen LogP contribution in [-0.2, 0) is 24.4 Å². The van der Waals surface area contributed by atoms with E-state index in [2.05, 4.69) is 16.0 Å². The molecule has 1 unspecified atom stereocenters. The molecule has 4 heterocycles. The number of sulfonamides is 1. The van der Waals surface area contributed by atoms with Crippen LogP contribution in [0.2, 0.25) is 0 Å². The number of amides is 5. The maximum atomic E-state index is 14.0. The number of benzene rings is 4. The summed E-state index contributed by atoms with van der Waals surface area (Å²) in [6, 6.07) is 23.8. The number of imide groups is 2. The molecular weight excluding hydrogens is 803 g/mol. The van der Waals surface area contributed by atoms with Crippen LogP contribution in [0.15, 0.2) is 94.7 Å². The normalized spacial score (nSPS) is 21.3. The van der Waals surface area contributed by atoms with Gasteiger partial charge in [-0.15, -0.1) is 11.8 Å². The topological polar surface area (TPSA) is 182 Å². The molecule has 8 rings (SSSR count). The van der Waals surface area contributed by atoms with Crippen molar-refractivity contribution in [2.24, 2.45) is 5.92 Å². The number of aryl methyl sites for hydroxylation is 1. The van der Waals surface area contributed by atoms with Crippen molar-refractivity contribution in [1.29, 1.82) is 0 Å². The smallest absolute Gasteiger partial charge is 0.263 e. The van der Waals surface area contributed by atoms with Gasteiger partial charge in [-0.1, -0.05) is 54.8 Å². The lowest BCUT2D eigenvalue weighted by Gasteiger charge is -2.39. The summed E-state index contributed by atoms with van der Waals surface area (Å²) in [5.41, 5.74) is 5.61. The average Bonchev–Trinajstić information content (AvgIpc) is 3.80. The number of aliphatic hydroxyl groups is 1. The van der Waals surface area contributed by atoms with Gasteiger partial charge >= 0.3 is 0 Å². The van der Waals surface area contributed by atoms with Gasteiger partial charge in [-0.2, -0.15) is 4.31 Å². The zero-order valence-electron chi connectivity index (χ0n) is 33.2. The molecule has 4 aromatic carbocycles. The number of aliphatic hydroxyl groups excluding tert-OH is 1. The van der Waals surface area contributed by atoms with Crippen molar-refractivity contribution < 1.29 is 37.5 Å². The van der Waals surface area contributed by atoms with Crippen molar-refractivity contribution in [2.75, 3.05) is 29.5 Å². The van der Waals surface area contributed by atoms with Crippen LogP contribution in [0.3, 0.4) is 0 Å². The molecule has 2 saturated heterocycles. The molecule has 5 amide bonds. The highest BCUT2D eigenvalue weighted by molar-refractivity contribution is 7.99. The number of anilines is 2. The highest BCUT2D eigenvalue weighted by Gasteiger charge is 2.49. The first kappa shape index (κ1) is 41.4. The Morgan fingerprint density at radius 2 is 1.65 bits per heavy atom. The minimum atomic E-state index is -3.80. The SMILES string of the molecule is Cc1ccc(S(=O)(=O)N2CC[C@@H]3[C@H](CO)Nc4ccc(-c5cccc(NC(=O)CCCCCCSc6cccc7c6C(=O)N(C6CCC(=O)NC6=O)C7=O)c5)cc4[C@@H]32)cc1. The van der Waals surface area contributed by atoms with E-state index in [1.54, 1.807) is 46.8 Å². The first-order valence-electron chi connectivity index (χ1n) is 20.4. The third-order valence-electron chi connectivity index (χ3n) is 11.9. The minimum absolute atomic E-state index is 0.0662. The third kappa shape index (κ3) is 8.10. The number of rotatable bonds is 14. The van der Waals surface area contributed by atoms with E-state index in [9.17, 15) is 37.5 Å². The molecule has 0 aliphatic carbocycles. The van der Waals surface area contributed by atoms with E-state index in [0.717, 1.165) is 52.1 Å². The van der Waals surface area contributed by atoms with Crippen molar-refractivity contribution in [3.05, 3.63) is 107 Å². The van der Waals surface area contributed by atoms with Gasteiger partial charge in [-0.3, -0.25) is 34.2 Å². The first-order chi connectivity index (χ1) is 28.9. The Morgan fingerprint density at radius 3 is 2.43 bits per heavy atom. The molecule has 0 spiro atoms. The zero-order valence-corrected chi connectivity index (χ0v) is 34.8. The van der Waals surface area contributed by atoms with Crippen LogP contribution in [0.5, 0.6) is 0 Å². The van der Waals surface area contributed by atoms with Gasteiger partial charge in [0.25, 0.3) is 11.8 Å². The summed E-state index contributed by atoms with van der Waals surface area (Å²) in [6.45, 7) is 2.16. The van der Waals surface area contributed by atoms with Crippen LogP contribution >= 0.6 is 11.8 Å². The fourth-order valence-electron chi connectivity index (χ4n) is 8.84. The van der Waals surface area contributed by atoms with Crippen molar-refractivity contribution in [1.82, 2.24) is 14.5 Å². The molecule has 0 bridgehead atoms. The number of piperidine rings is 1. The summed E-state index contributed by atoms with van der Waals surface area (Å²) in [7, 11) is -3.80. The van der Waals surface area contributed by atoms with Gasteiger partial charge in [-0.05, 0) is 104 Å². The molecule has 0 saturated carbocycles. The molecule has 4 aliphatic rings. The number of thioether (sulfide) groups is 1. The lowest BCUT2D eigenvalue weighted by atomic mass is 9.82. The van der Waals surface area contributed by atoms with Gasteiger partial charge in [0.2, 0.25) is 27.7 Å². The number of fused-ring (bicyclic) bond motifs is 4. The zero-order chi connectivity index (χ0) is 42.1. The number of nitrogens with zero attached hydrogens (tertiary/aromatic N) is 2. The van der Waals surface area contributed by atoms with Crippen LogP contribution in [0, 0.1) is 12.8 Å². The van der Waals surface area contributed by atoms with Crippen molar-refractivity contribution in [3.63, 3.8) is 0 Å². The minimum Gasteiger partial charge on any atom is -0.394 e. The molecule has 312 valence electrons. The molecule has 0 radical (unpaired) electrons. The predicted octanol–water partition coefficient (Wildman–Crippen LogP) is 6.28. The van der Waals surface area contributed by atoms with Crippen molar-refractivity contribution >= 4 is 62.7 Å². The molecule has 2 fully saturated rings. The van der Waals surface area contributed by atoms with E-state index < -0.39 is 45.7 Å². The molecule has 4 aromatic rings. The molecule has 4 N–H and O–H groups in total. The van der Waals surface area contributed by atoms with E-state index >= 15 is 0 Å². The summed E-state index contributed by atoms with van der Waals surface area (Å²) in [6.07, 6.45) is 4.38. The van der Waals surface area contributed by atoms with Crippen LogP contribution in [0.25, 0.3) is 11.1 Å². The number of carbonyl (C=O) groups is 5. The third-order valence-corrected chi connectivity index (χ3v) is 15.0. The lowest BCUT2D eigenvalue weighted by molar-refractivity contribution is -0.136. The van der Waals surface area contributed by atoms with E-state index in [1.165, 1.54) is 11.8 Å². The number of carbonyl (C=O) groups excluding carboxylic acids is 5. The number of hydrogen-bond acceptors (Lipinski definition) is 10. The Hall–Kier alpha value is -5.35. The van der Waals surface area contributed by atoms with E-state index in [4.69, 9.17) is 0 Å². The Kier molecular flexibility index (Phi) is 12.0. The maximum Gasteiger partial charge on any atom is 0.263 e. The Balaban J connectivity index is 0.843. The van der Waals surface area contributed by atoms with Crippen LogP contribution in [0.1, 0.15) is 89.3 Å². The lowest BCUT2D eigenvalue weighted by Crippen LogP contribution is -2.54. The number of nitrogens with one attached hydrogen (secondary N) is 3. The first-order valence-corrected chi connectivity index (χ1v) is 22.8. The maximum absolute atomic E-state index is 14.0. The molecule has 15 heteroatoms. The Labute approximate surface area is 353 Å². The summed E-state index contributed by atoms with van der Waals surface area (Å²) in [4.78, 5) is 65.5. The highest BCUT2D eigenvalue weighted by Crippen LogP contribution is 2.49. The molecular formula is C45H47N5O8S2. The highest BCUT2D eigenvalue weighted by atomic mass is 32.2. The summed E-state index contributed by atoms with van der Waals surface area (Å²) in [5.74, 6) is -1.58. The standard InChI is InChI=1S/C45H47N5O8S2/c1-27-13-16-31(17-14-27)60(57,58)49-22-21-32-36(26-51)47-35-18-15-29(25-34(35)42(32)49)28-8-6-9-30(24-28)46-39(52)12-4-2-3-5-23-59-38-11-7-10-33-41(38)45(56)50(44(33)55)37-19-20-40(53)48-43(37)54/h6-11,13-18,24-25,32,36-37,42,47,51H,2-5,12,19-23,26H2,1H3,(H,46,52)(H,48,53,54)/t32-,36+,37?,42-/m1/s1. The quantitative estimate of drug-likeness (QED) is 0.0640. The van der Waals surface area contributed by atoms with E-state index in [1.807, 2.05) is 49.4 Å². The van der Waals surface area contributed by atoms with Gasteiger partial charge in [0.1, 0.15) is 6.04 Å². The Bertz CT molecular complexity index is 2480. The Morgan fingerprint density at radius 1 is 0.883 bits per heavy atom. The van der Waals surface area contributed by atoms with Gasteiger partial charge < -0.3 is 15.7 Å². The van der Waals surface area contributed by atoms with Crippen LogP contribution in [-0.4, -0.2) is 83.3 Å². The second kappa shape index (κ2) is 17.3. The fraction of sp³-hybridized carbons (Fsp3) is 0.356. The van der Waals surface area contributed by atoms with Gasteiger partial charge in [-0.25, -0.2) is 8.42 Å². The van der Waals surface area contributed by atoms with Gasteiger partial charge in [0.05, 0.1) is 34.7 Å². The summed E-state index contributed by atoms with van der Waals surface area (Å²) in [5, 5.41) is 19.0. The molecule has 0 aromatic heterocycles. The molecule has 4 aliphatic heterocycles. The number of hydrogen-bond donors (Lipinski definition) is 4. The van der Waals surface area contributed by atoms with Crippen LogP contribution < -0.4 is 16.0 Å². The van der Waals surface area contributed by atoms with Crippen molar-refractivity contribution in [2.45, 2.75) is 86.2 Å². The van der Waals surface area contributed by atoms with E-state index in [-0.39, 0.29) is 47.8 Å². The summed E-state index contributed by atoms with van der Waals surface area (Å²) < 4.78 is 29.6. The van der Waals surface area contributed by atoms with Gasteiger partial charge in [0.15, 0.2) is 0 Å². The molecule has 4 atom stereocenters. The molecule has 13 nitrogen and oxygen atoms in total. The molecule has 60 heavy (non-hydrogen) atoms. The monoisotopic (exact) mass is 849 g/mol.